The van der Waals surface area contributed by atoms with E-state index in [0.29, 0.717) is 6.54 Å². The lowest BCUT2D eigenvalue weighted by Gasteiger charge is -2.17. The molecule has 1 amide bonds. The molecule has 5 heterocycles. The van der Waals surface area contributed by atoms with Gasteiger partial charge in [0.2, 0.25) is 5.88 Å². The number of hydrogen-bond donors (Lipinski definition) is 2. The number of hydrogen-bond acceptors (Lipinski definition) is 9. The lowest BCUT2D eigenvalue weighted by molar-refractivity contribution is -0.136. The third-order valence-corrected chi connectivity index (χ3v) is 6.99. The number of ether oxygens (including phenoxy) is 1. The third kappa shape index (κ3) is 4.86. The van der Waals surface area contributed by atoms with Crippen LogP contribution in [0.25, 0.3) is 16.8 Å². The molecule has 2 unspecified atom stereocenters. The molecule has 0 spiro atoms. The van der Waals surface area contributed by atoms with Crippen LogP contribution in [0.5, 0.6) is 5.88 Å². The molecule has 4 aromatic rings. The summed E-state index contributed by atoms with van der Waals surface area (Å²) in [5, 5.41) is 9.40. The molecule has 3 N–H and O–H groups in total. The largest absolute Gasteiger partial charge is 0.480 e. The predicted octanol–water partition coefficient (Wildman–Crippen LogP) is 3.12. The van der Waals surface area contributed by atoms with E-state index in [0.717, 1.165) is 27.6 Å². The Bertz CT molecular complexity index is 1500. The van der Waals surface area contributed by atoms with Crippen LogP contribution < -0.4 is 15.8 Å². The zero-order valence-electron chi connectivity index (χ0n) is 20.2. The third-order valence-electron chi connectivity index (χ3n) is 6.17. The van der Waals surface area contributed by atoms with Gasteiger partial charge in [-0.05, 0) is 19.1 Å². The molecule has 2 atom stereocenters. The number of aromatic nitrogens is 5. The average Bonchev–Trinajstić information content (AvgIpc) is 3.56. The van der Waals surface area contributed by atoms with Gasteiger partial charge in [-0.15, -0.1) is 11.3 Å². The molecular weight excluding hydrogens is 528 g/mol. The summed E-state index contributed by atoms with van der Waals surface area (Å²) in [4.78, 5) is 27.2. The number of nitrogens with two attached hydrogens (primary N) is 1. The second-order valence-corrected chi connectivity index (χ2v) is 9.84. The number of methoxy groups -OCH3 is 1. The van der Waals surface area contributed by atoms with Crippen molar-refractivity contribution in [3.8, 4) is 17.1 Å². The van der Waals surface area contributed by atoms with Crippen molar-refractivity contribution in [3.63, 3.8) is 0 Å². The van der Waals surface area contributed by atoms with Crippen LogP contribution in [0, 0.1) is 6.92 Å². The highest BCUT2D eigenvalue weighted by Gasteiger charge is 2.37. The first-order valence-corrected chi connectivity index (χ1v) is 12.2. The molecule has 0 aromatic carbocycles. The van der Waals surface area contributed by atoms with E-state index in [2.05, 4.69) is 25.4 Å². The standard InChI is InChI=1S/C23H22F4N8O2S/c1-11-32-13(9-38-11)6-34-7-16(24)17(8-34)33-21(36)14-3-12(5-29-22(14)37-2)18-4-15(23(25,26)27)19-20(28)30-10-31-35(18)19/h3-5,9-10,16-17H,6-8H2,1-2H3,(H,33,36)(H2,28,30,31). The minimum Gasteiger partial charge on any atom is -0.480 e. The lowest BCUT2D eigenvalue weighted by Crippen LogP contribution is -2.41. The Morgan fingerprint density at radius 3 is 2.76 bits per heavy atom. The van der Waals surface area contributed by atoms with E-state index in [1.807, 2.05) is 17.2 Å². The van der Waals surface area contributed by atoms with Gasteiger partial charge in [-0.25, -0.2) is 23.9 Å². The highest BCUT2D eigenvalue weighted by Crippen LogP contribution is 2.39. The predicted molar refractivity (Wildman–Crippen MR) is 130 cm³/mol. The molecule has 1 aliphatic heterocycles. The van der Waals surface area contributed by atoms with E-state index in [-0.39, 0.29) is 41.6 Å². The van der Waals surface area contributed by atoms with Gasteiger partial charge in [0.15, 0.2) is 5.82 Å². The molecule has 200 valence electrons. The molecule has 0 aliphatic carbocycles. The van der Waals surface area contributed by atoms with Crippen LogP contribution >= 0.6 is 11.3 Å². The van der Waals surface area contributed by atoms with Crippen LogP contribution in [0.3, 0.4) is 0 Å². The molecule has 4 aromatic heterocycles. The highest BCUT2D eigenvalue weighted by molar-refractivity contribution is 7.09. The number of fused-ring (bicyclic) bond motifs is 1. The van der Waals surface area contributed by atoms with Gasteiger partial charge in [0.1, 0.15) is 23.6 Å². The maximum atomic E-state index is 14.8. The molecule has 0 radical (unpaired) electrons. The van der Waals surface area contributed by atoms with Crippen LogP contribution in [0.2, 0.25) is 0 Å². The molecule has 0 saturated carbocycles. The summed E-state index contributed by atoms with van der Waals surface area (Å²) in [6, 6.07) is 1.37. The van der Waals surface area contributed by atoms with E-state index in [4.69, 9.17) is 10.5 Å². The van der Waals surface area contributed by atoms with E-state index >= 15 is 0 Å². The maximum Gasteiger partial charge on any atom is 0.418 e. The van der Waals surface area contributed by atoms with Crippen molar-refractivity contribution in [2.24, 2.45) is 0 Å². The fourth-order valence-corrected chi connectivity index (χ4v) is 5.07. The second kappa shape index (κ2) is 9.79. The summed E-state index contributed by atoms with van der Waals surface area (Å²) >= 11 is 1.50. The van der Waals surface area contributed by atoms with Gasteiger partial charge in [-0.2, -0.15) is 18.3 Å². The van der Waals surface area contributed by atoms with E-state index in [9.17, 15) is 22.4 Å². The van der Waals surface area contributed by atoms with Crippen molar-refractivity contribution < 1.29 is 27.1 Å². The number of nitrogens with zero attached hydrogens (tertiary/aromatic N) is 6. The Labute approximate surface area is 217 Å². The summed E-state index contributed by atoms with van der Waals surface area (Å²) in [7, 11) is 1.30. The van der Waals surface area contributed by atoms with Crippen LogP contribution in [0.4, 0.5) is 23.4 Å². The maximum absolute atomic E-state index is 14.8. The van der Waals surface area contributed by atoms with E-state index in [1.54, 1.807) is 0 Å². The molecular formula is C23H22F4N8O2S. The first-order chi connectivity index (χ1) is 18.0. The summed E-state index contributed by atoms with van der Waals surface area (Å²) in [6.45, 7) is 2.71. The SMILES string of the molecule is COc1ncc(-c2cc(C(F)(F)F)c3c(N)ncnn23)cc1C(=O)NC1CN(Cc2csc(C)n2)CC1F. The molecule has 15 heteroatoms. The van der Waals surface area contributed by atoms with Crippen LogP contribution in [-0.2, 0) is 12.7 Å². The van der Waals surface area contributed by atoms with Crippen molar-refractivity contribution in [1.29, 1.82) is 0 Å². The Kier molecular flexibility index (Phi) is 6.65. The van der Waals surface area contributed by atoms with Crippen molar-refractivity contribution in [2.45, 2.75) is 31.9 Å². The van der Waals surface area contributed by atoms with E-state index in [1.165, 1.54) is 30.7 Å². The molecule has 38 heavy (non-hydrogen) atoms. The number of carbonyl (C=O) groups excluding carboxylic acids is 1. The van der Waals surface area contributed by atoms with E-state index < -0.39 is 35.4 Å². The normalized spacial score (nSPS) is 18.3. The van der Waals surface area contributed by atoms with Crippen molar-refractivity contribution in [3.05, 3.63) is 51.9 Å². The fraction of sp³-hybridized carbons (Fsp3) is 0.348. The Morgan fingerprint density at radius 1 is 1.29 bits per heavy atom. The van der Waals surface area contributed by atoms with Crippen molar-refractivity contribution in [1.82, 2.24) is 34.8 Å². The minimum absolute atomic E-state index is 0.0143. The molecule has 1 aliphatic rings. The molecule has 10 nitrogen and oxygen atoms in total. The molecule has 0 bridgehead atoms. The van der Waals surface area contributed by atoms with Crippen molar-refractivity contribution >= 4 is 28.6 Å². The molecule has 1 fully saturated rings. The number of pyridine rings is 1. The number of amides is 1. The topological polar surface area (TPSA) is 124 Å². The van der Waals surface area contributed by atoms with Crippen molar-refractivity contribution in [2.75, 3.05) is 25.9 Å². The second-order valence-electron chi connectivity index (χ2n) is 8.78. The number of rotatable bonds is 6. The zero-order valence-corrected chi connectivity index (χ0v) is 21.0. The lowest BCUT2D eigenvalue weighted by atomic mass is 10.1. The van der Waals surface area contributed by atoms with Crippen LogP contribution in [0.15, 0.2) is 30.0 Å². The first kappa shape index (κ1) is 25.8. The number of halogens is 4. The van der Waals surface area contributed by atoms with Gasteiger partial charge in [-0.1, -0.05) is 0 Å². The Morgan fingerprint density at radius 2 is 2.08 bits per heavy atom. The smallest absolute Gasteiger partial charge is 0.418 e. The summed E-state index contributed by atoms with van der Waals surface area (Å²) in [6.07, 6.45) is -3.79. The number of thiazole rings is 1. The van der Waals surface area contributed by atoms with Gasteiger partial charge in [0, 0.05) is 36.8 Å². The van der Waals surface area contributed by atoms with Gasteiger partial charge in [-0.3, -0.25) is 9.69 Å². The number of nitrogens with one attached hydrogen (secondary N) is 1. The van der Waals surface area contributed by atoms with Gasteiger partial charge < -0.3 is 15.8 Å². The van der Waals surface area contributed by atoms with Crippen LogP contribution in [0.1, 0.15) is 26.6 Å². The summed E-state index contributed by atoms with van der Waals surface area (Å²) in [5.74, 6) is -1.10. The summed E-state index contributed by atoms with van der Waals surface area (Å²) in [5.41, 5.74) is 5.15. The number of carbonyl (C=O) groups is 1. The number of likely N-dealkylation sites (tertiary alicyclic amines) is 1. The monoisotopic (exact) mass is 550 g/mol. The number of nitrogen functional groups attached to an aromatic ring is 1. The quantitative estimate of drug-likeness (QED) is 0.351. The van der Waals surface area contributed by atoms with Crippen LogP contribution in [-0.4, -0.2) is 67.8 Å². The Balaban J connectivity index is 1.43. The first-order valence-electron chi connectivity index (χ1n) is 11.4. The zero-order chi connectivity index (χ0) is 27.2. The highest BCUT2D eigenvalue weighted by atomic mass is 32.1. The number of aryl methyl sites for hydroxylation is 1. The molecule has 1 saturated heterocycles. The van der Waals surface area contributed by atoms with Gasteiger partial charge in [0.25, 0.3) is 5.91 Å². The number of alkyl halides is 4. The number of anilines is 1. The minimum atomic E-state index is -4.73. The molecule has 5 rings (SSSR count). The fourth-order valence-electron chi connectivity index (χ4n) is 4.47. The van der Waals surface area contributed by atoms with Gasteiger partial charge >= 0.3 is 6.18 Å². The Hall–Kier alpha value is -3.85. The summed E-state index contributed by atoms with van der Waals surface area (Å²) < 4.78 is 62.2. The van der Waals surface area contributed by atoms with Gasteiger partial charge in [0.05, 0.1) is 35.1 Å². The average molecular weight is 551 g/mol.